The molecular weight excluding hydrogens is 325 g/mol. The number of anilines is 1. The number of ether oxygens (including phenoxy) is 1. The lowest BCUT2D eigenvalue weighted by molar-refractivity contribution is 0.386. The molecule has 2 rings (SSSR count). The molecule has 1 N–H and O–H groups in total. The van der Waals surface area contributed by atoms with Crippen LogP contribution in [-0.2, 0) is 23.1 Å². The van der Waals surface area contributed by atoms with Crippen molar-refractivity contribution in [2.45, 2.75) is 12.3 Å². The predicted octanol–water partition coefficient (Wildman–Crippen LogP) is 3.98. The van der Waals surface area contributed by atoms with E-state index in [2.05, 4.69) is 5.32 Å². The van der Waals surface area contributed by atoms with Crippen LogP contribution in [0.3, 0.4) is 0 Å². The molecule has 0 saturated heterocycles. The first-order valence-corrected chi connectivity index (χ1v) is 8.75. The number of benzene rings is 2. The van der Waals surface area contributed by atoms with Crippen molar-refractivity contribution in [2.24, 2.45) is 0 Å². The van der Waals surface area contributed by atoms with Crippen molar-refractivity contribution in [2.75, 3.05) is 18.7 Å². The molecule has 0 heterocycles. The lowest BCUT2D eigenvalue weighted by atomic mass is 10.2. The number of hydrogen-bond donors (Lipinski definition) is 1. The van der Waals surface area contributed by atoms with Crippen molar-refractivity contribution in [1.82, 2.24) is 0 Å². The lowest BCUT2D eigenvalue weighted by Gasteiger charge is -2.11. The molecule has 0 unspecified atom stereocenters. The summed E-state index contributed by atoms with van der Waals surface area (Å²) in [6.45, 7) is 0.430. The summed E-state index contributed by atoms with van der Waals surface area (Å²) in [5.74, 6) is 0.292. The van der Waals surface area contributed by atoms with Gasteiger partial charge >= 0.3 is 0 Å². The molecule has 0 radical (unpaired) electrons. The van der Waals surface area contributed by atoms with E-state index in [0.29, 0.717) is 17.3 Å². The van der Waals surface area contributed by atoms with Crippen LogP contribution < -0.4 is 10.1 Å². The SMILES string of the molecule is COc1ccc(CNc2cc(C[S@@](C)=O)ccc2Cl)cc1F. The van der Waals surface area contributed by atoms with E-state index in [0.717, 1.165) is 16.8 Å². The molecule has 22 heavy (non-hydrogen) atoms. The Labute approximate surface area is 136 Å². The van der Waals surface area contributed by atoms with Gasteiger partial charge in [-0.1, -0.05) is 23.7 Å². The van der Waals surface area contributed by atoms with Crippen LogP contribution in [0, 0.1) is 5.82 Å². The van der Waals surface area contributed by atoms with Crippen LogP contribution in [0.4, 0.5) is 10.1 Å². The van der Waals surface area contributed by atoms with Crippen molar-refractivity contribution in [1.29, 1.82) is 0 Å². The summed E-state index contributed by atoms with van der Waals surface area (Å²) in [5, 5.41) is 3.74. The monoisotopic (exact) mass is 341 g/mol. The minimum Gasteiger partial charge on any atom is -0.494 e. The standard InChI is InChI=1S/C16H17ClFNO2S/c1-21-16-6-4-11(7-14(16)18)9-19-15-8-12(10-22(2)20)3-5-13(15)17/h3-8,19H,9-10H2,1-2H3/t22-/m1/s1. The molecule has 0 spiro atoms. The number of hydrogen-bond acceptors (Lipinski definition) is 3. The molecule has 0 aromatic heterocycles. The van der Waals surface area contributed by atoms with Gasteiger partial charge in [0.05, 0.1) is 17.8 Å². The normalized spacial score (nSPS) is 12.0. The summed E-state index contributed by atoms with van der Waals surface area (Å²) in [6, 6.07) is 10.3. The number of methoxy groups -OCH3 is 1. The van der Waals surface area contributed by atoms with Gasteiger partial charge in [0.25, 0.3) is 0 Å². The molecule has 6 heteroatoms. The Morgan fingerprint density at radius 2 is 1.95 bits per heavy atom. The second kappa shape index (κ2) is 7.61. The highest BCUT2D eigenvalue weighted by Crippen LogP contribution is 2.25. The van der Waals surface area contributed by atoms with Gasteiger partial charge in [-0.05, 0) is 35.4 Å². The second-order valence-electron chi connectivity index (χ2n) is 4.85. The molecule has 0 aliphatic carbocycles. The van der Waals surface area contributed by atoms with Crippen LogP contribution in [0.15, 0.2) is 36.4 Å². The fourth-order valence-corrected chi connectivity index (χ4v) is 2.88. The van der Waals surface area contributed by atoms with E-state index >= 15 is 0 Å². The minimum atomic E-state index is -0.913. The van der Waals surface area contributed by atoms with Gasteiger partial charge in [-0.15, -0.1) is 0 Å². The van der Waals surface area contributed by atoms with Crippen LogP contribution in [0.1, 0.15) is 11.1 Å². The van der Waals surface area contributed by atoms with E-state index < -0.39 is 16.6 Å². The summed E-state index contributed by atoms with van der Waals surface area (Å²) in [4.78, 5) is 0. The van der Waals surface area contributed by atoms with Crippen LogP contribution in [0.25, 0.3) is 0 Å². The summed E-state index contributed by atoms with van der Waals surface area (Å²) in [7, 11) is 0.517. The van der Waals surface area contributed by atoms with Crippen molar-refractivity contribution in [3.05, 3.63) is 58.4 Å². The Kier molecular flexibility index (Phi) is 5.80. The maximum absolute atomic E-state index is 13.7. The molecule has 2 aromatic carbocycles. The molecule has 1 atom stereocenters. The summed E-state index contributed by atoms with van der Waals surface area (Å²) < 4.78 is 29.8. The highest BCUT2D eigenvalue weighted by Gasteiger charge is 2.06. The molecular formula is C16H17ClFNO2S. The fraction of sp³-hybridized carbons (Fsp3) is 0.250. The van der Waals surface area contributed by atoms with Crippen molar-refractivity contribution < 1.29 is 13.3 Å². The van der Waals surface area contributed by atoms with Crippen molar-refractivity contribution in [3.8, 4) is 5.75 Å². The topological polar surface area (TPSA) is 38.3 Å². The molecule has 118 valence electrons. The molecule has 0 aliphatic rings. The zero-order chi connectivity index (χ0) is 16.1. The van der Waals surface area contributed by atoms with E-state index in [4.69, 9.17) is 16.3 Å². The Balaban J connectivity index is 2.10. The van der Waals surface area contributed by atoms with E-state index in [-0.39, 0.29) is 5.75 Å². The Morgan fingerprint density at radius 3 is 2.59 bits per heavy atom. The zero-order valence-electron chi connectivity index (χ0n) is 12.4. The van der Waals surface area contributed by atoms with Crippen molar-refractivity contribution >= 4 is 28.1 Å². The van der Waals surface area contributed by atoms with E-state index in [9.17, 15) is 8.60 Å². The first-order chi connectivity index (χ1) is 10.5. The molecule has 0 aliphatic heterocycles. The summed E-state index contributed by atoms with van der Waals surface area (Å²) in [6.07, 6.45) is 1.65. The van der Waals surface area contributed by atoms with Crippen molar-refractivity contribution in [3.63, 3.8) is 0 Å². The third-order valence-corrected chi connectivity index (χ3v) is 4.17. The van der Waals surface area contributed by atoms with Gasteiger partial charge in [0.15, 0.2) is 11.6 Å². The van der Waals surface area contributed by atoms with Gasteiger partial charge in [0, 0.05) is 29.4 Å². The van der Waals surface area contributed by atoms with Gasteiger partial charge in [-0.25, -0.2) is 4.39 Å². The molecule has 0 fully saturated rings. The molecule has 0 bridgehead atoms. The maximum atomic E-state index is 13.7. The lowest BCUT2D eigenvalue weighted by Crippen LogP contribution is -2.02. The minimum absolute atomic E-state index is 0.217. The van der Waals surface area contributed by atoms with Crippen LogP contribution >= 0.6 is 11.6 Å². The quantitative estimate of drug-likeness (QED) is 0.863. The van der Waals surface area contributed by atoms with Gasteiger partial charge in [-0.2, -0.15) is 0 Å². The zero-order valence-corrected chi connectivity index (χ0v) is 13.9. The van der Waals surface area contributed by atoms with Crippen LogP contribution in [0.5, 0.6) is 5.75 Å². The summed E-state index contributed by atoms with van der Waals surface area (Å²) in [5.41, 5.74) is 2.45. The average molecular weight is 342 g/mol. The predicted molar refractivity (Wildman–Crippen MR) is 89.5 cm³/mol. The largest absolute Gasteiger partial charge is 0.494 e. The average Bonchev–Trinajstić information content (AvgIpc) is 2.47. The Bertz CT molecular complexity index is 694. The first kappa shape index (κ1) is 16.8. The highest BCUT2D eigenvalue weighted by atomic mass is 35.5. The van der Waals surface area contributed by atoms with E-state index in [1.165, 1.54) is 13.2 Å². The van der Waals surface area contributed by atoms with Gasteiger partial charge in [0.1, 0.15) is 0 Å². The molecule has 0 saturated carbocycles. The third-order valence-electron chi connectivity index (χ3n) is 3.10. The second-order valence-corrected chi connectivity index (χ2v) is 6.70. The van der Waals surface area contributed by atoms with E-state index in [1.807, 2.05) is 12.1 Å². The molecule has 2 aromatic rings. The van der Waals surface area contributed by atoms with Crippen LogP contribution in [0.2, 0.25) is 5.02 Å². The third kappa shape index (κ3) is 4.45. The Hall–Kier alpha value is -1.59. The molecule has 3 nitrogen and oxygen atoms in total. The highest BCUT2D eigenvalue weighted by molar-refractivity contribution is 7.83. The smallest absolute Gasteiger partial charge is 0.165 e. The van der Waals surface area contributed by atoms with Crippen LogP contribution in [-0.4, -0.2) is 17.6 Å². The first-order valence-electron chi connectivity index (χ1n) is 6.64. The fourth-order valence-electron chi connectivity index (χ4n) is 2.05. The summed E-state index contributed by atoms with van der Waals surface area (Å²) >= 11 is 6.15. The maximum Gasteiger partial charge on any atom is 0.165 e. The molecule has 0 amide bonds. The van der Waals surface area contributed by atoms with E-state index in [1.54, 1.807) is 24.5 Å². The van der Waals surface area contributed by atoms with Gasteiger partial charge < -0.3 is 10.1 Å². The number of halogens is 2. The Morgan fingerprint density at radius 1 is 1.23 bits per heavy atom. The van der Waals surface area contributed by atoms with Gasteiger partial charge in [-0.3, -0.25) is 4.21 Å². The number of nitrogens with one attached hydrogen (secondary N) is 1. The number of rotatable bonds is 6. The van der Waals surface area contributed by atoms with Gasteiger partial charge in [0.2, 0.25) is 0 Å².